The van der Waals surface area contributed by atoms with Gasteiger partial charge in [-0.15, -0.1) is 0 Å². The van der Waals surface area contributed by atoms with Gasteiger partial charge in [-0.1, -0.05) is 11.6 Å². The van der Waals surface area contributed by atoms with Gasteiger partial charge in [-0.25, -0.2) is 0 Å². The molecule has 1 aliphatic rings. The van der Waals surface area contributed by atoms with E-state index in [1.165, 1.54) is 0 Å². The summed E-state index contributed by atoms with van der Waals surface area (Å²) in [5.74, 6) is 0.384. The van der Waals surface area contributed by atoms with Crippen LogP contribution in [-0.2, 0) is 0 Å². The number of piperidine rings is 1. The van der Waals surface area contributed by atoms with Crippen LogP contribution in [0.3, 0.4) is 0 Å². The number of ketones is 1. The first kappa shape index (κ1) is 11.6. The minimum absolute atomic E-state index is 0.133. The molecule has 0 bridgehead atoms. The average molecular weight is 238 g/mol. The number of hydrogen-bond donors (Lipinski definition) is 1. The lowest BCUT2D eigenvalue weighted by molar-refractivity contribution is 0.0899. The van der Waals surface area contributed by atoms with E-state index < -0.39 is 0 Å². The summed E-state index contributed by atoms with van der Waals surface area (Å²) in [6.07, 6.45) is 2.08. The molecule has 0 unspecified atom stereocenters. The Bertz CT molecular complexity index is 397. The molecule has 86 valence electrons. The van der Waals surface area contributed by atoms with Crippen molar-refractivity contribution < 1.29 is 4.79 Å². The fraction of sp³-hybridized carbons (Fsp3) is 0.462. The van der Waals surface area contributed by atoms with Crippen molar-refractivity contribution in [2.24, 2.45) is 5.92 Å². The molecule has 0 aliphatic carbocycles. The lowest BCUT2D eigenvalue weighted by Crippen LogP contribution is -2.34. The van der Waals surface area contributed by atoms with Gasteiger partial charge in [-0.2, -0.15) is 0 Å². The van der Waals surface area contributed by atoms with Crippen molar-refractivity contribution in [3.8, 4) is 0 Å². The van der Waals surface area contributed by atoms with Crippen LogP contribution in [0.15, 0.2) is 18.2 Å². The van der Waals surface area contributed by atoms with E-state index in [0.29, 0.717) is 5.02 Å². The molecule has 1 aromatic carbocycles. The summed E-state index contributed by atoms with van der Waals surface area (Å²) >= 11 is 5.88. The van der Waals surface area contributed by atoms with Crippen LogP contribution in [0.5, 0.6) is 0 Å². The zero-order valence-corrected chi connectivity index (χ0v) is 10.2. The van der Waals surface area contributed by atoms with Crippen LogP contribution in [0.1, 0.15) is 28.8 Å². The topological polar surface area (TPSA) is 29.1 Å². The summed E-state index contributed by atoms with van der Waals surface area (Å²) in [4.78, 5) is 12.2. The molecule has 1 fully saturated rings. The maximum atomic E-state index is 12.2. The zero-order chi connectivity index (χ0) is 11.5. The smallest absolute Gasteiger partial charge is 0.167 e. The number of nitrogens with one attached hydrogen (secondary N) is 1. The molecule has 2 nitrogen and oxygen atoms in total. The van der Waals surface area contributed by atoms with Gasteiger partial charge in [-0.3, -0.25) is 4.79 Å². The van der Waals surface area contributed by atoms with Gasteiger partial charge in [0.15, 0.2) is 5.78 Å². The van der Waals surface area contributed by atoms with Crippen molar-refractivity contribution in [2.45, 2.75) is 19.8 Å². The van der Waals surface area contributed by atoms with Crippen LogP contribution in [0.2, 0.25) is 5.02 Å². The lowest BCUT2D eigenvalue weighted by Gasteiger charge is -2.22. The quantitative estimate of drug-likeness (QED) is 0.802. The van der Waals surface area contributed by atoms with E-state index in [1.807, 2.05) is 19.1 Å². The standard InChI is InChI=1S/C13H16ClNO/c1-9-7-11(14)4-5-12(9)13(16)10-3-2-6-15-8-10/h4-5,7,10,15H,2-3,6,8H2,1H3/t10-/m0/s1. The normalized spacial score (nSPS) is 20.8. The number of carbonyl (C=O) groups excluding carboxylic acids is 1. The third-order valence-electron chi connectivity index (χ3n) is 3.12. The number of aryl methyl sites for hydroxylation is 1. The molecule has 0 saturated carbocycles. The summed E-state index contributed by atoms with van der Waals surface area (Å²) in [5, 5.41) is 3.96. The fourth-order valence-electron chi connectivity index (χ4n) is 2.20. The van der Waals surface area contributed by atoms with E-state index in [1.54, 1.807) is 6.07 Å². The second kappa shape index (κ2) is 4.98. The third kappa shape index (κ3) is 2.45. The molecular weight excluding hydrogens is 222 g/mol. The summed E-state index contributed by atoms with van der Waals surface area (Å²) in [6, 6.07) is 5.48. The second-order valence-corrected chi connectivity index (χ2v) is 4.80. The third-order valence-corrected chi connectivity index (χ3v) is 3.36. The molecule has 0 aromatic heterocycles. The van der Waals surface area contributed by atoms with Crippen LogP contribution >= 0.6 is 11.6 Å². The predicted octanol–water partition coefficient (Wildman–Crippen LogP) is 2.83. The first-order chi connectivity index (χ1) is 7.68. The molecular formula is C13H16ClNO. The van der Waals surface area contributed by atoms with E-state index in [9.17, 15) is 4.79 Å². The number of rotatable bonds is 2. The summed E-state index contributed by atoms with van der Waals surface area (Å²) in [7, 11) is 0. The molecule has 2 rings (SSSR count). The maximum Gasteiger partial charge on any atom is 0.167 e. The van der Waals surface area contributed by atoms with Crippen molar-refractivity contribution in [1.82, 2.24) is 5.32 Å². The van der Waals surface area contributed by atoms with Crippen LogP contribution in [0.4, 0.5) is 0 Å². The van der Waals surface area contributed by atoms with Crippen molar-refractivity contribution in [3.63, 3.8) is 0 Å². The Balaban J connectivity index is 2.19. The Labute approximate surface area is 101 Å². The Morgan fingerprint density at radius 2 is 2.31 bits per heavy atom. The van der Waals surface area contributed by atoms with Gasteiger partial charge in [0.05, 0.1) is 0 Å². The second-order valence-electron chi connectivity index (χ2n) is 4.37. The van der Waals surface area contributed by atoms with Crippen LogP contribution in [0.25, 0.3) is 0 Å². The van der Waals surface area contributed by atoms with E-state index in [0.717, 1.165) is 37.1 Å². The summed E-state index contributed by atoms with van der Waals surface area (Å²) in [5.41, 5.74) is 1.79. The fourth-order valence-corrected chi connectivity index (χ4v) is 2.43. The minimum atomic E-state index is 0.133. The Hall–Kier alpha value is -0.860. The van der Waals surface area contributed by atoms with Crippen molar-refractivity contribution in [3.05, 3.63) is 34.3 Å². The van der Waals surface area contributed by atoms with Crippen molar-refractivity contribution >= 4 is 17.4 Å². The van der Waals surface area contributed by atoms with Crippen molar-refractivity contribution in [1.29, 1.82) is 0 Å². The summed E-state index contributed by atoms with van der Waals surface area (Å²) in [6.45, 7) is 3.78. The Morgan fingerprint density at radius 3 is 2.94 bits per heavy atom. The van der Waals surface area contributed by atoms with Crippen molar-refractivity contribution in [2.75, 3.05) is 13.1 Å². The molecule has 1 N–H and O–H groups in total. The van der Waals surface area contributed by atoms with Gasteiger partial charge in [0, 0.05) is 23.0 Å². The molecule has 16 heavy (non-hydrogen) atoms. The van der Waals surface area contributed by atoms with Gasteiger partial charge in [-0.05, 0) is 50.1 Å². The number of Topliss-reactive ketones (excluding diaryl/α,β-unsaturated/α-hetero) is 1. The van der Waals surface area contributed by atoms with Crippen LogP contribution in [0, 0.1) is 12.8 Å². The molecule has 3 heteroatoms. The van der Waals surface area contributed by atoms with Gasteiger partial charge in [0.1, 0.15) is 0 Å². The predicted molar refractivity (Wildman–Crippen MR) is 66.1 cm³/mol. The maximum absolute atomic E-state index is 12.2. The Kier molecular flexibility index (Phi) is 3.62. The van der Waals surface area contributed by atoms with E-state index in [2.05, 4.69) is 5.32 Å². The first-order valence-electron chi connectivity index (χ1n) is 5.69. The molecule has 1 heterocycles. The number of benzene rings is 1. The van der Waals surface area contributed by atoms with E-state index in [-0.39, 0.29) is 11.7 Å². The largest absolute Gasteiger partial charge is 0.316 e. The summed E-state index contributed by atoms with van der Waals surface area (Å²) < 4.78 is 0. The minimum Gasteiger partial charge on any atom is -0.316 e. The molecule has 1 atom stereocenters. The Morgan fingerprint density at radius 1 is 1.50 bits per heavy atom. The zero-order valence-electron chi connectivity index (χ0n) is 9.42. The van der Waals surface area contributed by atoms with E-state index in [4.69, 9.17) is 11.6 Å². The first-order valence-corrected chi connectivity index (χ1v) is 6.07. The monoisotopic (exact) mass is 237 g/mol. The van der Waals surface area contributed by atoms with Gasteiger partial charge < -0.3 is 5.32 Å². The highest BCUT2D eigenvalue weighted by molar-refractivity contribution is 6.30. The highest BCUT2D eigenvalue weighted by atomic mass is 35.5. The highest BCUT2D eigenvalue weighted by Crippen LogP contribution is 2.21. The SMILES string of the molecule is Cc1cc(Cl)ccc1C(=O)[C@H]1CCCNC1. The number of carbonyl (C=O) groups is 1. The molecule has 1 aromatic rings. The number of hydrogen-bond acceptors (Lipinski definition) is 2. The van der Waals surface area contributed by atoms with Gasteiger partial charge >= 0.3 is 0 Å². The molecule has 0 amide bonds. The molecule has 1 saturated heterocycles. The molecule has 1 aliphatic heterocycles. The molecule has 0 spiro atoms. The lowest BCUT2D eigenvalue weighted by atomic mass is 9.89. The average Bonchev–Trinajstić information content (AvgIpc) is 2.29. The molecule has 0 radical (unpaired) electrons. The van der Waals surface area contributed by atoms with Gasteiger partial charge in [0.2, 0.25) is 0 Å². The highest BCUT2D eigenvalue weighted by Gasteiger charge is 2.23. The van der Waals surface area contributed by atoms with Gasteiger partial charge in [0.25, 0.3) is 0 Å². The number of halogens is 1. The van der Waals surface area contributed by atoms with Crippen LogP contribution in [-0.4, -0.2) is 18.9 Å². The van der Waals surface area contributed by atoms with Crippen LogP contribution < -0.4 is 5.32 Å². The van der Waals surface area contributed by atoms with E-state index >= 15 is 0 Å².